The van der Waals surface area contributed by atoms with Gasteiger partial charge in [-0.3, -0.25) is 0 Å². The number of hydrogen-bond donors (Lipinski definition) is 0. The van der Waals surface area contributed by atoms with Crippen molar-refractivity contribution in [2.45, 2.75) is 5.41 Å². The molecular weight excluding hydrogens is 867 g/mol. The van der Waals surface area contributed by atoms with Gasteiger partial charge in [0.2, 0.25) is 0 Å². The first-order chi connectivity index (χ1) is 34.7. The van der Waals surface area contributed by atoms with E-state index in [-0.39, 0.29) is 0 Å². The monoisotopic (exact) mass is 907 g/mol. The van der Waals surface area contributed by atoms with Crippen LogP contribution in [0.1, 0.15) is 22.3 Å². The number of para-hydroxylation sites is 3. The zero-order valence-corrected chi connectivity index (χ0v) is 38.8. The van der Waals surface area contributed by atoms with Gasteiger partial charge in [-0.1, -0.05) is 194 Å². The summed E-state index contributed by atoms with van der Waals surface area (Å²) in [6.07, 6.45) is 0. The van der Waals surface area contributed by atoms with E-state index in [9.17, 15) is 0 Å². The van der Waals surface area contributed by atoms with Gasteiger partial charge in [0.15, 0.2) is 0 Å². The highest BCUT2D eigenvalue weighted by Gasteiger charge is 2.50. The molecule has 2 nitrogen and oxygen atoms in total. The van der Waals surface area contributed by atoms with Crippen LogP contribution < -0.4 is 4.90 Å². The average molecular weight is 908 g/mol. The molecule has 0 N–H and O–H groups in total. The summed E-state index contributed by atoms with van der Waals surface area (Å²) in [5.41, 5.74) is 21.7. The maximum absolute atomic E-state index is 6.54. The second kappa shape index (κ2) is 15.1. The zero-order chi connectivity index (χ0) is 45.9. The maximum Gasteiger partial charge on any atom is 0.143 e. The van der Waals surface area contributed by atoms with E-state index >= 15 is 0 Å². The Labute approximate surface area is 409 Å². The number of rotatable bonds is 5. The highest BCUT2D eigenvalue weighted by atomic mass is 32.1. The molecule has 2 heterocycles. The second-order valence-corrected chi connectivity index (χ2v) is 19.7. The predicted octanol–water partition coefficient (Wildman–Crippen LogP) is 18.8. The Morgan fingerprint density at radius 3 is 1.67 bits per heavy atom. The number of furan rings is 1. The fraction of sp³-hybridized carbons (Fsp3) is 0.0149. The van der Waals surface area contributed by atoms with Crippen LogP contribution in [0.3, 0.4) is 0 Å². The lowest BCUT2D eigenvalue weighted by Crippen LogP contribution is -2.29. The lowest BCUT2D eigenvalue weighted by atomic mass is 9.66. The van der Waals surface area contributed by atoms with Crippen LogP contribution in [0.4, 0.5) is 17.1 Å². The molecule has 0 fully saturated rings. The van der Waals surface area contributed by atoms with Crippen LogP contribution in [-0.2, 0) is 5.41 Å². The Morgan fingerprint density at radius 1 is 0.314 bits per heavy atom. The first-order valence-corrected chi connectivity index (χ1v) is 24.9. The second-order valence-electron chi connectivity index (χ2n) is 18.7. The smallest absolute Gasteiger partial charge is 0.143 e. The van der Waals surface area contributed by atoms with Crippen LogP contribution >= 0.6 is 11.3 Å². The van der Waals surface area contributed by atoms with Crippen molar-refractivity contribution < 1.29 is 4.42 Å². The van der Waals surface area contributed by atoms with Crippen molar-refractivity contribution in [2.24, 2.45) is 0 Å². The number of anilines is 3. The van der Waals surface area contributed by atoms with Gasteiger partial charge >= 0.3 is 0 Å². The van der Waals surface area contributed by atoms with E-state index in [1.807, 2.05) is 17.4 Å². The summed E-state index contributed by atoms with van der Waals surface area (Å²) in [5, 5.41) is 4.90. The SMILES string of the molecule is c1ccc(-c2ccccc2N(c2ccc(-c3cccc4c3oc3ccccc34)cc2)c2ccc3c(c2)-c2ccccc2-c2ccccc2C32c3ccccc3-c3cc4c(cc32)sc2ccccc24)cc1. The minimum Gasteiger partial charge on any atom is -0.455 e. The minimum atomic E-state index is -0.605. The van der Waals surface area contributed by atoms with E-state index in [1.165, 1.54) is 75.8 Å². The normalized spacial score (nSPS) is 14.3. The molecule has 15 rings (SSSR count). The summed E-state index contributed by atoms with van der Waals surface area (Å²) in [4.78, 5) is 2.46. The van der Waals surface area contributed by atoms with Crippen LogP contribution in [0.15, 0.2) is 253 Å². The van der Waals surface area contributed by atoms with Gasteiger partial charge in [0.25, 0.3) is 0 Å². The molecule has 0 bridgehead atoms. The number of thiophene rings is 1. The summed E-state index contributed by atoms with van der Waals surface area (Å²) in [5.74, 6) is 0. The van der Waals surface area contributed by atoms with Gasteiger partial charge in [-0.15, -0.1) is 11.3 Å². The van der Waals surface area contributed by atoms with E-state index in [0.29, 0.717) is 0 Å². The summed E-state index contributed by atoms with van der Waals surface area (Å²) < 4.78 is 9.17. The molecule has 13 aromatic rings. The van der Waals surface area contributed by atoms with Gasteiger partial charge in [-0.25, -0.2) is 0 Å². The molecule has 0 radical (unpaired) electrons. The van der Waals surface area contributed by atoms with Gasteiger partial charge in [0.1, 0.15) is 11.2 Å². The molecular formula is C67H41NOS. The average Bonchev–Trinajstić information content (AvgIpc) is 4.07. The molecule has 2 aliphatic carbocycles. The first-order valence-electron chi connectivity index (χ1n) is 24.1. The molecule has 0 aliphatic heterocycles. The Kier molecular flexibility index (Phi) is 8.48. The Hall–Kier alpha value is -8.76. The number of benzene rings is 11. The zero-order valence-electron chi connectivity index (χ0n) is 37.9. The van der Waals surface area contributed by atoms with E-state index in [0.717, 1.165) is 61.3 Å². The third-order valence-electron chi connectivity index (χ3n) is 15.1. The van der Waals surface area contributed by atoms with Gasteiger partial charge in [0.05, 0.1) is 11.1 Å². The van der Waals surface area contributed by atoms with Crippen molar-refractivity contribution in [1.82, 2.24) is 0 Å². The van der Waals surface area contributed by atoms with Crippen molar-refractivity contribution in [3.8, 4) is 55.6 Å². The molecule has 1 unspecified atom stereocenters. The lowest BCUT2D eigenvalue weighted by Gasteiger charge is -2.36. The molecule has 70 heavy (non-hydrogen) atoms. The van der Waals surface area contributed by atoms with Crippen molar-refractivity contribution >= 4 is 70.5 Å². The quantitative estimate of drug-likeness (QED) is 0.171. The van der Waals surface area contributed by atoms with Crippen molar-refractivity contribution in [3.63, 3.8) is 0 Å². The van der Waals surface area contributed by atoms with Crippen LogP contribution in [0.25, 0.3) is 97.7 Å². The van der Waals surface area contributed by atoms with Crippen molar-refractivity contribution in [2.75, 3.05) is 4.90 Å². The molecule has 326 valence electrons. The molecule has 0 saturated carbocycles. The summed E-state index contributed by atoms with van der Waals surface area (Å²) in [6.45, 7) is 0. The van der Waals surface area contributed by atoms with Gasteiger partial charge in [0, 0.05) is 53.4 Å². The maximum atomic E-state index is 6.54. The summed E-state index contributed by atoms with van der Waals surface area (Å²) >= 11 is 1.90. The van der Waals surface area contributed by atoms with E-state index in [2.05, 4.69) is 248 Å². The summed E-state index contributed by atoms with van der Waals surface area (Å²) in [7, 11) is 0. The number of fused-ring (bicyclic) bond motifs is 18. The van der Waals surface area contributed by atoms with Gasteiger partial charge < -0.3 is 9.32 Å². The fourth-order valence-electron chi connectivity index (χ4n) is 12.2. The number of hydrogen-bond acceptors (Lipinski definition) is 3. The molecule has 11 aromatic carbocycles. The largest absolute Gasteiger partial charge is 0.455 e. The Bertz CT molecular complexity index is 4250. The fourth-order valence-corrected chi connectivity index (χ4v) is 13.3. The highest BCUT2D eigenvalue weighted by molar-refractivity contribution is 7.25. The Morgan fingerprint density at radius 2 is 0.871 bits per heavy atom. The molecule has 1 spiro atoms. The van der Waals surface area contributed by atoms with Gasteiger partial charge in [-0.2, -0.15) is 0 Å². The van der Waals surface area contributed by atoms with E-state index in [4.69, 9.17) is 4.42 Å². The Balaban J connectivity index is 0.994. The van der Waals surface area contributed by atoms with Crippen LogP contribution in [0.5, 0.6) is 0 Å². The molecule has 2 aliphatic rings. The molecule has 0 amide bonds. The molecule has 3 heteroatoms. The highest BCUT2D eigenvalue weighted by Crippen LogP contribution is 2.63. The third kappa shape index (κ3) is 5.55. The first kappa shape index (κ1) is 39.3. The van der Waals surface area contributed by atoms with Crippen LogP contribution in [0.2, 0.25) is 0 Å². The van der Waals surface area contributed by atoms with Crippen LogP contribution in [-0.4, -0.2) is 0 Å². The predicted molar refractivity (Wildman–Crippen MR) is 294 cm³/mol. The molecule has 2 aromatic heterocycles. The topological polar surface area (TPSA) is 16.4 Å². The molecule has 0 saturated heterocycles. The van der Waals surface area contributed by atoms with Gasteiger partial charge in [-0.05, 0) is 121 Å². The number of nitrogens with zero attached hydrogens (tertiary/aromatic N) is 1. The van der Waals surface area contributed by atoms with E-state index in [1.54, 1.807) is 0 Å². The minimum absolute atomic E-state index is 0.605. The van der Waals surface area contributed by atoms with E-state index < -0.39 is 5.41 Å². The van der Waals surface area contributed by atoms with Crippen molar-refractivity contribution in [1.29, 1.82) is 0 Å². The molecule has 1 atom stereocenters. The third-order valence-corrected chi connectivity index (χ3v) is 16.3. The summed E-state index contributed by atoms with van der Waals surface area (Å²) in [6, 6.07) is 92.1. The van der Waals surface area contributed by atoms with Crippen molar-refractivity contribution in [3.05, 3.63) is 271 Å². The standard InChI is InChI=1S/C67H41NOS/c1-2-17-42(18-3-1)46-19-8-13-30-62(46)68(44-35-33-43(34-36-44)47-26-16-27-54-52-24-9-14-31-63(52)69-66(47)54)45-37-38-60-55(39-45)49-21-5-4-20-48(49)50-22-6-11-28-58(50)67(60)59-29-12-7-23-51(59)56-40-57-53-25-10-15-32-64(53)70-65(57)41-61(56)67/h1-41H. The van der Waals surface area contributed by atoms with Crippen LogP contribution in [0, 0.1) is 0 Å². The lowest BCUT2D eigenvalue weighted by molar-refractivity contribution is 0.670.